The summed E-state index contributed by atoms with van der Waals surface area (Å²) in [7, 11) is 0. The maximum Gasteiger partial charge on any atom is 0.274 e. The van der Waals surface area contributed by atoms with Gasteiger partial charge in [0.1, 0.15) is 0 Å². The predicted octanol–water partition coefficient (Wildman–Crippen LogP) is 2.09. The van der Waals surface area contributed by atoms with Crippen molar-refractivity contribution in [2.75, 3.05) is 11.9 Å². The number of aliphatic hydroxyl groups is 1. The first-order valence-corrected chi connectivity index (χ1v) is 5.17. The van der Waals surface area contributed by atoms with Crippen LogP contribution in [-0.2, 0) is 0 Å². The topological polar surface area (TPSA) is 75.4 Å². The minimum atomic E-state index is -0.394. The highest BCUT2D eigenvalue weighted by molar-refractivity contribution is 5.54. The molecule has 0 heterocycles. The van der Waals surface area contributed by atoms with Crippen LogP contribution in [0.15, 0.2) is 18.2 Å². The van der Waals surface area contributed by atoms with E-state index in [-0.39, 0.29) is 11.8 Å². The Morgan fingerprint density at radius 2 is 2.25 bits per heavy atom. The Morgan fingerprint density at radius 3 is 2.81 bits per heavy atom. The zero-order chi connectivity index (χ0) is 12.1. The molecule has 1 rings (SSSR count). The number of hydrogen-bond donors (Lipinski definition) is 2. The Hall–Kier alpha value is -1.62. The number of benzene rings is 1. The lowest BCUT2D eigenvalue weighted by Gasteiger charge is -2.08. The summed E-state index contributed by atoms with van der Waals surface area (Å²) in [5.41, 5.74) is 1.46. The molecule has 0 fully saturated rings. The van der Waals surface area contributed by atoms with Gasteiger partial charge in [0.25, 0.3) is 5.69 Å². The summed E-state index contributed by atoms with van der Waals surface area (Å²) in [4.78, 5) is 10.3. The van der Waals surface area contributed by atoms with E-state index in [1.165, 1.54) is 6.07 Å². The van der Waals surface area contributed by atoms with Gasteiger partial charge in [0.2, 0.25) is 0 Å². The molecule has 88 valence electrons. The monoisotopic (exact) mass is 224 g/mol. The molecule has 0 aliphatic heterocycles. The Bertz CT molecular complexity index is 377. The second-order valence-electron chi connectivity index (χ2n) is 3.82. The molecule has 0 aromatic heterocycles. The minimum Gasteiger partial charge on any atom is -0.393 e. The summed E-state index contributed by atoms with van der Waals surface area (Å²) in [6.45, 7) is 4.01. The summed E-state index contributed by atoms with van der Waals surface area (Å²) in [5, 5.41) is 22.8. The van der Waals surface area contributed by atoms with Gasteiger partial charge in [-0.15, -0.1) is 0 Å². The number of nitrogens with one attached hydrogen (secondary N) is 1. The maximum absolute atomic E-state index is 10.7. The fourth-order valence-electron chi connectivity index (χ4n) is 1.34. The van der Waals surface area contributed by atoms with E-state index in [1.807, 2.05) is 0 Å². The summed E-state index contributed by atoms with van der Waals surface area (Å²) in [6.07, 6.45) is 0.245. The van der Waals surface area contributed by atoms with Crippen LogP contribution in [0.5, 0.6) is 0 Å². The van der Waals surface area contributed by atoms with E-state index in [9.17, 15) is 10.1 Å². The van der Waals surface area contributed by atoms with Crippen LogP contribution in [-0.4, -0.2) is 22.7 Å². The highest BCUT2D eigenvalue weighted by atomic mass is 16.6. The zero-order valence-electron chi connectivity index (χ0n) is 9.43. The van der Waals surface area contributed by atoms with Gasteiger partial charge in [-0.1, -0.05) is 6.07 Å². The fraction of sp³-hybridized carbons (Fsp3) is 0.455. The molecule has 1 unspecified atom stereocenters. The van der Waals surface area contributed by atoms with E-state index >= 15 is 0 Å². The molecule has 1 aromatic rings. The summed E-state index contributed by atoms with van der Waals surface area (Å²) in [6, 6.07) is 5.02. The lowest BCUT2D eigenvalue weighted by molar-refractivity contribution is -0.385. The molecular weight excluding hydrogens is 208 g/mol. The van der Waals surface area contributed by atoms with Crippen molar-refractivity contribution < 1.29 is 10.0 Å². The smallest absolute Gasteiger partial charge is 0.274 e. The van der Waals surface area contributed by atoms with Crippen molar-refractivity contribution >= 4 is 11.4 Å². The minimum absolute atomic E-state index is 0.113. The van der Waals surface area contributed by atoms with E-state index in [0.717, 1.165) is 0 Å². The van der Waals surface area contributed by atoms with Crippen LogP contribution in [0.2, 0.25) is 0 Å². The third-order valence-corrected chi connectivity index (χ3v) is 2.30. The molecule has 0 saturated heterocycles. The maximum atomic E-state index is 10.7. The lowest BCUT2D eigenvalue weighted by Crippen LogP contribution is -2.09. The van der Waals surface area contributed by atoms with Crippen molar-refractivity contribution in [3.8, 4) is 0 Å². The molecule has 0 aliphatic rings. The summed E-state index contributed by atoms with van der Waals surface area (Å²) >= 11 is 0. The van der Waals surface area contributed by atoms with Crippen LogP contribution in [0.4, 0.5) is 11.4 Å². The molecule has 1 aromatic carbocycles. The van der Waals surface area contributed by atoms with Crippen molar-refractivity contribution in [1.82, 2.24) is 0 Å². The second-order valence-corrected chi connectivity index (χ2v) is 3.82. The Labute approximate surface area is 94.3 Å². The molecule has 5 heteroatoms. The number of aryl methyl sites for hydroxylation is 1. The fourth-order valence-corrected chi connectivity index (χ4v) is 1.34. The van der Waals surface area contributed by atoms with Crippen LogP contribution in [0, 0.1) is 17.0 Å². The standard InChI is InChI=1S/C11H16N2O3/c1-8-3-4-10(7-11(8)13(15)16)12-6-5-9(2)14/h3-4,7,9,12,14H,5-6H2,1-2H3. The summed E-state index contributed by atoms with van der Waals surface area (Å²) in [5.74, 6) is 0. The average molecular weight is 224 g/mol. The van der Waals surface area contributed by atoms with E-state index in [0.29, 0.717) is 24.2 Å². The second kappa shape index (κ2) is 5.46. The van der Waals surface area contributed by atoms with Gasteiger partial charge in [-0.05, 0) is 26.3 Å². The highest BCUT2D eigenvalue weighted by Gasteiger charge is 2.10. The van der Waals surface area contributed by atoms with Gasteiger partial charge < -0.3 is 10.4 Å². The molecule has 0 spiro atoms. The van der Waals surface area contributed by atoms with Crippen LogP contribution in [0.3, 0.4) is 0 Å². The third-order valence-electron chi connectivity index (χ3n) is 2.30. The van der Waals surface area contributed by atoms with E-state index in [2.05, 4.69) is 5.32 Å². The molecule has 1 atom stereocenters. The van der Waals surface area contributed by atoms with Crippen molar-refractivity contribution in [3.63, 3.8) is 0 Å². The Morgan fingerprint density at radius 1 is 1.56 bits per heavy atom. The predicted molar refractivity (Wildman–Crippen MR) is 62.6 cm³/mol. The zero-order valence-corrected chi connectivity index (χ0v) is 9.43. The largest absolute Gasteiger partial charge is 0.393 e. The van der Waals surface area contributed by atoms with Gasteiger partial charge >= 0.3 is 0 Å². The van der Waals surface area contributed by atoms with Crippen molar-refractivity contribution in [3.05, 3.63) is 33.9 Å². The Kier molecular flexibility index (Phi) is 4.25. The normalized spacial score (nSPS) is 12.2. The number of rotatable bonds is 5. The number of hydrogen-bond acceptors (Lipinski definition) is 4. The first-order valence-electron chi connectivity index (χ1n) is 5.17. The van der Waals surface area contributed by atoms with Crippen LogP contribution in [0.1, 0.15) is 18.9 Å². The molecule has 5 nitrogen and oxygen atoms in total. The van der Waals surface area contributed by atoms with Gasteiger partial charge in [0.05, 0.1) is 11.0 Å². The van der Waals surface area contributed by atoms with Crippen molar-refractivity contribution in [2.24, 2.45) is 0 Å². The molecule has 0 bridgehead atoms. The lowest BCUT2D eigenvalue weighted by atomic mass is 10.2. The molecule has 0 radical (unpaired) electrons. The third kappa shape index (κ3) is 3.51. The number of anilines is 1. The molecular formula is C11H16N2O3. The van der Waals surface area contributed by atoms with Gasteiger partial charge in [0.15, 0.2) is 0 Å². The molecule has 0 amide bonds. The summed E-state index contributed by atoms with van der Waals surface area (Å²) < 4.78 is 0. The van der Waals surface area contributed by atoms with Crippen molar-refractivity contribution in [2.45, 2.75) is 26.4 Å². The quantitative estimate of drug-likeness (QED) is 0.593. The van der Waals surface area contributed by atoms with E-state index < -0.39 is 4.92 Å². The Balaban J connectivity index is 2.68. The van der Waals surface area contributed by atoms with Crippen LogP contribution < -0.4 is 5.32 Å². The molecule has 16 heavy (non-hydrogen) atoms. The first-order chi connectivity index (χ1) is 7.50. The van der Waals surface area contributed by atoms with Gasteiger partial charge in [-0.25, -0.2) is 0 Å². The van der Waals surface area contributed by atoms with Gasteiger partial charge in [-0.3, -0.25) is 10.1 Å². The number of aliphatic hydroxyl groups excluding tert-OH is 1. The average Bonchev–Trinajstić information content (AvgIpc) is 2.19. The molecule has 0 aliphatic carbocycles. The number of nitrogens with zero attached hydrogens (tertiary/aromatic N) is 1. The van der Waals surface area contributed by atoms with E-state index in [1.54, 1.807) is 26.0 Å². The highest BCUT2D eigenvalue weighted by Crippen LogP contribution is 2.22. The van der Waals surface area contributed by atoms with Crippen molar-refractivity contribution in [1.29, 1.82) is 0 Å². The first kappa shape index (κ1) is 12.4. The molecule has 2 N–H and O–H groups in total. The van der Waals surface area contributed by atoms with Gasteiger partial charge in [-0.2, -0.15) is 0 Å². The van der Waals surface area contributed by atoms with Gasteiger partial charge in [0, 0.05) is 23.9 Å². The van der Waals surface area contributed by atoms with Crippen LogP contribution >= 0.6 is 0 Å². The SMILES string of the molecule is Cc1ccc(NCCC(C)O)cc1[N+](=O)[O-]. The number of nitro groups is 1. The van der Waals surface area contributed by atoms with Crippen LogP contribution in [0.25, 0.3) is 0 Å². The molecule has 0 saturated carbocycles. The van der Waals surface area contributed by atoms with E-state index in [4.69, 9.17) is 5.11 Å². The number of nitro benzene ring substituents is 1.